The molecule has 0 aliphatic rings. The molecule has 0 unspecified atom stereocenters. The van der Waals surface area contributed by atoms with Crippen molar-refractivity contribution in [3.05, 3.63) is 70.8 Å². The summed E-state index contributed by atoms with van der Waals surface area (Å²) in [4.78, 5) is 23.9. The predicted molar refractivity (Wildman–Crippen MR) is 71.3 cm³/mol. The first-order valence-electron chi connectivity index (χ1n) is 6.13. The standard InChI is InChI=1S/C16H11F3O2/c1-10(20)14-12(8-5-9-13(14)16(17,18)19)15(21)11-6-3-2-4-7-11/h2-9H,1H3. The molecule has 0 saturated heterocycles. The molecule has 0 heterocycles. The summed E-state index contributed by atoms with van der Waals surface area (Å²) in [5.74, 6) is -1.39. The van der Waals surface area contributed by atoms with Gasteiger partial charge in [-0.1, -0.05) is 42.5 Å². The molecule has 5 heteroatoms. The molecule has 2 rings (SSSR count). The van der Waals surface area contributed by atoms with Crippen molar-refractivity contribution in [3.8, 4) is 0 Å². The second kappa shape index (κ2) is 5.52. The first kappa shape index (κ1) is 15.0. The molecule has 0 spiro atoms. The van der Waals surface area contributed by atoms with E-state index in [0.717, 1.165) is 19.1 Å². The van der Waals surface area contributed by atoms with Crippen molar-refractivity contribution in [2.24, 2.45) is 0 Å². The van der Waals surface area contributed by atoms with Gasteiger partial charge in [0.15, 0.2) is 11.6 Å². The summed E-state index contributed by atoms with van der Waals surface area (Å²) in [7, 11) is 0. The van der Waals surface area contributed by atoms with Crippen LogP contribution in [0.4, 0.5) is 13.2 Å². The topological polar surface area (TPSA) is 34.1 Å². The third-order valence-corrected chi connectivity index (χ3v) is 3.00. The lowest BCUT2D eigenvalue weighted by atomic mass is 9.92. The van der Waals surface area contributed by atoms with E-state index in [9.17, 15) is 22.8 Å². The second-order valence-corrected chi connectivity index (χ2v) is 4.48. The average Bonchev–Trinajstić information content (AvgIpc) is 2.45. The van der Waals surface area contributed by atoms with Crippen molar-refractivity contribution in [2.75, 3.05) is 0 Å². The number of alkyl halides is 3. The molecule has 0 aliphatic heterocycles. The van der Waals surface area contributed by atoms with Crippen LogP contribution in [0.25, 0.3) is 0 Å². The molecule has 21 heavy (non-hydrogen) atoms. The van der Waals surface area contributed by atoms with Crippen LogP contribution < -0.4 is 0 Å². The Bertz CT molecular complexity index is 688. The Morgan fingerprint density at radius 3 is 2.05 bits per heavy atom. The Hall–Kier alpha value is -2.43. The number of Topliss-reactive ketones (excluding diaryl/α,β-unsaturated/α-hetero) is 1. The summed E-state index contributed by atoms with van der Waals surface area (Å²) in [6, 6.07) is 11.1. The van der Waals surface area contributed by atoms with Gasteiger partial charge >= 0.3 is 6.18 Å². The van der Waals surface area contributed by atoms with Crippen molar-refractivity contribution in [1.82, 2.24) is 0 Å². The molecular weight excluding hydrogens is 281 g/mol. The maximum Gasteiger partial charge on any atom is 0.417 e. The van der Waals surface area contributed by atoms with Crippen molar-refractivity contribution in [1.29, 1.82) is 0 Å². The number of carbonyl (C=O) groups excluding carboxylic acids is 2. The van der Waals surface area contributed by atoms with E-state index in [1.807, 2.05) is 0 Å². The lowest BCUT2D eigenvalue weighted by Crippen LogP contribution is -2.17. The quantitative estimate of drug-likeness (QED) is 0.797. The van der Waals surface area contributed by atoms with E-state index in [4.69, 9.17) is 0 Å². The van der Waals surface area contributed by atoms with Crippen LogP contribution in [0.2, 0.25) is 0 Å². The van der Waals surface area contributed by atoms with Crippen molar-refractivity contribution in [2.45, 2.75) is 13.1 Å². The van der Waals surface area contributed by atoms with Crippen LogP contribution in [-0.4, -0.2) is 11.6 Å². The fraction of sp³-hybridized carbons (Fsp3) is 0.125. The molecule has 0 fully saturated rings. The van der Waals surface area contributed by atoms with Gasteiger partial charge in [0.2, 0.25) is 0 Å². The van der Waals surface area contributed by atoms with Crippen molar-refractivity contribution in [3.63, 3.8) is 0 Å². The first-order valence-corrected chi connectivity index (χ1v) is 6.13. The fourth-order valence-corrected chi connectivity index (χ4v) is 2.10. The normalized spacial score (nSPS) is 11.2. The van der Waals surface area contributed by atoms with Gasteiger partial charge in [0, 0.05) is 16.7 Å². The van der Waals surface area contributed by atoms with E-state index in [0.29, 0.717) is 0 Å². The molecule has 0 N–H and O–H groups in total. The number of halogens is 3. The minimum Gasteiger partial charge on any atom is -0.294 e. The van der Waals surface area contributed by atoms with E-state index in [2.05, 4.69) is 0 Å². The lowest BCUT2D eigenvalue weighted by molar-refractivity contribution is -0.137. The van der Waals surface area contributed by atoms with Crippen molar-refractivity contribution < 1.29 is 22.8 Å². The maximum atomic E-state index is 13.0. The van der Waals surface area contributed by atoms with Gasteiger partial charge in [-0.2, -0.15) is 13.2 Å². The van der Waals surface area contributed by atoms with E-state index >= 15 is 0 Å². The maximum absolute atomic E-state index is 13.0. The Balaban J connectivity index is 2.65. The van der Waals surface area contributed by atoms with Gasteiger partial charge in [0.1, 0.15) is 0 Å². The Kier molecular flexibility index (Phi) is 3.93. The second-order valence-electron chi connectivity index (χ2n) is 4.48. The Morgan fingerprint density at radius 1 is 0.905 bits per heavy atom. The van der Waals surface area contributed by atoms with Gasteiger partial charge in [-0.3, -0.25) is 9.59 Å². The molecule has 2 nitrogen and oxygen atoms in total. The van der Waals surface area contributed by atoms with Crippen molar-refractivity contribution >= 4 is 11.6 Å². The third kappa shape index (κ3) is 3.02. The Labute approximate surface area is 119 Å². The number of rotatable bonds is 3. The monoisotopic (exact) mass is 292 g/mol. The van der Waals surface area contributed by atoms with E-state index < -0.39 is 28.9 Å². The molecule has 108 valence electrons. The fourth-order valence-electron chi connectivity index (χ4n) is 2.10. The SMILES string of the molecule is CC(=O)c1c(C(=O)c2ccccc2)cccc1C(F)(F)F. The number of benzene rings is 2. The third-order valence-electron chi connectivity index (χ3n) is 3.00. The highest BCUT2D eigenvalue weighted by Crippen LogP contribution is 2.34. The zero-order chi connectivity index (χ0) is 15.6. The van der Waals surface area contributed by atoms with Crippen LogP contribution in [-0.2, 0) is 6.18 Å². The van der Waals surface area contributed by atoms with Gasteiger partial charge in [-0.25, -0.2) is 0 Å². The molecule has 0 bridgehead atoms. The smallest absolute Gasteiger partial charge is 0.294 e. The van der Waals surface area contributed by atoms with Crippen LogP contribution in [0.15, 0.2) is 48.5 Å². The predicted octanol–water partition coefficient (Wildman–Crippen LogP) is 4.14. The van der Waals surface area contributed by atoms with Crippen LogP contribution >= 0.6 is 0 Å². The van der Waals surface area contributed by atoms with Gasteiger partial charge in [0.05, 0.1) is 5.56 Å². The highest BCUT2D eigenvalue weighted by molar-refractivity contribution is 6.15. The van der Waals surface area contributed by atoms with Crippen LogP contribution in [0, 0.1) is 0 Å². The molecule has 0 saturated carbocycles. The molecule has 0 atom stereocenters. The minimum atomic E-state index is -4.69. The highest BCUT2D eigenvalue weighted by atomic mass is 19.4. The summed E-state index contributed by atoms with van der Waals surface area (Å²) in [5, 5.41) is 0. The molecule has 0 aromatic heterocycles. The number of hydrogen-bond acceptors (Lipinski definition) is 2. The van der Waals surface area contributed by atoms with Gasteiger partial charge in [-0.15, -0.1) is 0 Å². The number of carbonyl (C=O) groups is 2. The lowest BCUT2D eigenvalue weighted by Gasteiger charge is -2.14. The van der Waals surface area contributed by atoms with Crippen LogP contribution in [0.5, 0.6) is 0 Å². The van der Waals surface area contributed by atoms with E-state index in [1.54, 1.807) is 18.2 Å². The number of ketones is 2. The zero-order valence-electron chi connectivity index (χ0n) is 11.1. The van der Waals surface area contributed by atoms with Gasteiger partial charge in [0.25, 0.3) is 0 Å². The molecule has 0 aliphatic carbocycles. The molecule has 0 amide bonds. The first-order chi connectivity index (χ1) is 9.82. The van der Waals surface area contributed by atoms with Gasteiger partial charge < -0.3 is 0 Å². The van der Waals surface area contributed by atoms with Crippen LogP contribution in [0.1, 0.15) is 38.8 Å². The molecule has 0 radical (unpaired) electrons. The summed E-state index contributed by atoms with van der Waals surface area (Å²) in [5.41, 5.74) is -1.67. The summed E-state index contributed by atoms with van der Waals surface area (Å²) >= 11 is 0. The highest BCUT2D eigenvalue weighted by Gasteiger charge is 2.36. The van der Waals surface area contributed by atoms with E-state index in [1.165, 1.54) is 18.2 Å². The van der Waals surface area contributed by atoms with E-state index in [-0.39, 0.29) is 11.1 Å². The summed E-state index contributed by atoms with van der Waals surface area (Å²) < 4.78 is 39.0. The average molecular weight is 292 g/mol. The minimum absolute atomic E-state index is 0.233. The molecular formula is C16H11F3O2. The summed E-state index contributed by atoms with van der Waals surface area (Å²) in [6.45, 7) is 1.02. The van der Waals surface area contributed by atoms with Crippen LogP contribution in [0.3, 0.4) is 0 Å². The van der Waals surface area contributed by atoms with Gasteiger partial charge in [-0.05, 0) is 13.0 Å². The molecule has 2 aromatic rings. The summed E-state index contributed by atoms with van der Waals surface area (Å²) in [6.07, 6.45) is -4.69. The number of hydrogen-bond donors (Lipinski definition) is 0. The molecule has 2 aromatic carbocycles. The largest absolute Gasteiger partial charge is 0.417 e. The Morgan fingerprint density at radius 2 is 1.52 bits per heavy atom. The zero-order valence-corrected chi connectivity index (χ0v) is 11.1.